The third-order valence-corrected chi connectivity index (χ3v) is 5.19. The zero-order valence-electron chi connectivity index (χ0n) is 17.1. The third-order valence-electron chi connectivity index (χ3n) is 4.88. The first-order valence-electron chi connectivity index (χ1n) is 9.72. The number of benzene rings is 3. The smallest absolute Gasteiger partial charge is 0.417 e. The number of carboxylic acid groups (broad SMARTS) is 1. The lowest BCUT2D eigenvalue weighted by molar-refractivity contribution is -0.137. The van der Waals surface area contributed by atoms with Crippen LogP contribution in [0.2, 0.25) is 5.02 Å². The molecule has 0 spiro atoms. The van der Waals surface area contributed by atoms with Crippen molar-refractivity contribution in [1.29, 1.82) is 0 Å². The fourth-order valence-electron chi connectivity index (χ4n) is 3.38. The van der Waals surface area contributed by atoms with Gasteiger partial charge in [0.2, 0.25) is 0 Å². The summed E-state index contributed by atoms with van der Waals surface area (Å²) in [6.07, 6.45) is -4.78. The molecule has 0 fully saturated rings. The molecule has 1 amide bonds. The first-order chi connectivity index (χ1) is 16.2. The molecule has 0 atom stereocenters. The van der Waals surface area contributed by atoms with E-state index in [1.807, 2.05) is 0 Å². The van der Waals surface area contributed by atoms with Crippen molar-refractivity contribution >= 4 is 29.2 Å². The Labute approximate surface area is 195 Å². The normalized spacial score (nSPS) is 11.3. The van der Waals surface area contributed by atoms with Crippen LogP contribution in [0, 0.1) is 0 Å². The summed E-state index contributed by atoms with van der Waals surface area (Å²) >= 11 is 6.14. The minimum absolute atomic E-state index is 0.0736. The minimum atomic E-state index is -4.78. The molecule has 1 heterocycles. The van der Waals surface area contributed by atoms with Crippen LogP contribution in [0.3, 0.4) is 0 Å². The Balaban J connectivity index is 1.90. The molecule has 0 saturated carbocycles. The van der Waals surface area contributed by atoms with Crippen LogP contribution in [0.4, 0.5) is 18.9 Å². The molecular formula is C24H14ClF3N2O4. The number of carbonyl (C=O) groups excluding carboxylic acids is 1. The van der Waals surface area contributed by atoms with Gasteiger partial charge in [-0.3, -0.25) is 4.79 Å². The highest BCUT2D eigenvalue weighted by Gasteiger charge is 2.38. The molecule has 0 unspecified atom stereocenters. The molecule has 10 heteroatoms. The Morgan fingerprint density at radius 3 is 2.35 bits per heavy atom. The lowest BCUT2D eigenvalue weighted by atomic mass is 9.97. The quantitative estimate of drug-likeness (QED) is 0.330. The molecule has 0 aliphatic heterocycles. The summed E-state index contributed by atoms with van der Waals surface area (Å²) in [4.78, 5) is 24.6. The van der Waals surface area contributed by atoms with Crippen molar-refractivity contribution in [2.45, 2.75) is 6.18 Å². The van der Waals surface area contributed by atoms with Gasteiger partial charge in [-0.25, -0.2) is 4.79 Å². The molecule has 2 N–H and O–H groups in total. The summed E-state index contributed by atoms with van der Waals surface area (Å²) in [5.74, 6) is -2.14. The van der Waals surface area contributed by atoms with Crippen LogP contribution in [0.15, 0.2) is 77.3 Å². The third kappa shape index (κ3) is 4.51. The van der Waals surface area contributed by atoms with Crippen LogP contribution in [-0.4, -0.2) is 22.1 Å². The van der Waals surface area contributed by atoms with Crippen molar-refractivity contribution in [3.8, 4) is 22.6 Å². The highest BCUT2D eigenvalue weighted by molar-refractivity contribution is 6.34. The zero-order valence-corrected chi connectivity index (χ0v) is 17.8. The summed E-state index contributed by atoms with van der Waals surface area (Å²) in [6, 6.07) is 16.9. The Hall–Kier alpha value is -4.11. The van der Waals surface area contributed by atoms with Gasteiger partial charge in [0.1, 0.15) is 11.3 Å². The van der Waals surface area contributed by atoms with Crippen molar-refractivity contribution in [3.63, 3.8) is 0 Å². The van der Waals surface area contributed by atoms with E-state index in [4.69, 9.17) is 16.1 Å². The van der Waals surface area contributed by atoms with Crippen LogP contribution in [0.1, 0.15) is 26.3 Å². The van der Waals surface area contributed by atoms with E-state index >= 15 is 0 Å². The second-order valence-electron chi connectivity index (χ2n) is 7.10. The Morgan fingerprint density at radius 1 is 0.971 bits per heavy atom. The molecule has 0 saturated heterocycles. The van der Waals surface area contributed by atoms with E-state index in [1.54, 1.807) is 30.3 Å². The van der Waals surface area contributed by atoms with Crippen molar-refractivity contribution < 1.29 is 32.4 Å². The summed E-state index contributed by atoms with van der Waals surface area (Å²) in [6.45, 7) is 0. The van der Waals surface area contributed by atoms with Gasteiger partial charge >= 0.3 is 12.1 Å². The van der Waals surface area contributed by atoms with E-state index in [9.17, 15) is 27.9 Å². The second-order valence-corrected chi connectivity index (χ2v) is 7.51. The summed E-state index contributed by atoms with van der Waals surface area (Å²) < 4.78 is 46.7. The average molecular weight is 487 g/mol. The van der Waals surface area contributed by atoms with Crippen molar-refractivity contribution in [1.82, 2.24) is 5.16 Å². The maximum absolute atomic E-state index is 13.8. The molecule has 0 bridgehead atoms. The van der Waals surface area contributed by atoms with Gasteiger partial charge in [-0.05, 0) is 30.3 Å². The molecule has 6 nitrogen and oxygen atoms in total. The summed E-state index contributed by atoms with van der Waals surface area (Å²) in [7, 11) is 0. The molecule has 0 aliphatic carbocycles. The number of hydrogen-bond acceptors (Lipinski definition) is 4. The van der Waals surface area contributed by atoms with Crippen LogP contribution >= 0.6 is 11.6 Å². The van der Waals surface area contributed by atoms with E-state index < -0.39 is 34.9 Å². The number of nitrogens with zero attached hydrogens (tertiary/aromatic N) is 1. The number of nitrogens with one attached hydrogen (secondary N) is 1. The topological polar surface area (TPSA) is 92.4 Å². The zero-order chi connectivity index (χ0) is 24.5. The number of halogens is 4. The first kappa shape index (κ1) is 23.1. The van der Waals surface area contributed by atoms with Crippen molar-refractivity contribution in [2.75, 3.05) is 5.32 Å². The van der Waals surface area contributed by atoms with Crippen LogP contribution in [0.5, 0.6) is 0 Å². The largest absolute Gasteiger partial charge is 0.478 e. The second kappa shape index (κ2) is 9.03. The first-order valence-corrected chi connectivity index (χ1v) is 10.1. The fourth-order valence-corrected chi connectivity index (χ4v) is 3.65. The van der Waals surface area contributed by atoms with Gasteiger partial charge in [-0.2, -0.15) is 13.2 Å². The van der Waals surface area contributed by atoms with E-state index in [0.717, 1.165) is 12.1 Å². The molecule has 1 aromatic heterocycles. The Bertz CT molecular complexity index is 1380. The number of anilines is 1. The van der Waals surface area contributed by atoms with E-state index in [2.05, 4.69) is 10.5 Å². The predicted molar refractivity (Wildman–Crippen MR) is 119 cm³/mol. The highest BCUT2D eigenvalue weighted by Crippen LogP contribution is 2.43. The number of carboxylic acids is 1. The number of hydrogen-bond donors (Lipinski definition) is 2. The standard InChI is InChI=1S/C24H14ClF3N2O4/c25-17-11-5-10-16(24(26,27)28)18(17)20-19(21(34-30-20)13-6-2-1-3-7-13)22(31)29-15-9-4-8-14(12-15)23(32)33/h1-12H,(H,29,31)(H,32,33). The van der Waals surface area contributed by atoms with Crippen molar-refractivity contribution in [3.05, 3.63) is 94.5 Å². The van der Waals surface area contributed by atoms with Gasteiger partial charge in [0.05, 0.1) is 16.1 Å². The monoisotopic (exact) mass is 486 g/mol. The molecule has 34 heavy (non-hydrogen) atoms. The lowest BCUT2D eigenvalue weighted by Crippen LogP contribution is -2.15. The predicted octanol–water partition coefficient (Wildman–Crippen LogP) is 6.63. The number of carbonyl (C=O) groups is 2. The van der Waals surface area contributed by atoms with Gasteiger partial charge in [-0.1, -0.05) is 59.2 Å². The van der Waals surface area contributed by atoms with Crippen LogP contribution < -0.4 is 5.32 Å². The van der Waals surface area contributed by atoms with Gasteiger partial charge in [0.25, 0.3) is 5.91 Å². The van der Waals surface area contributed by atoms with Crippen molar-refractivity contribution in [2.24, 2.45) is 0 Å². The molecule has 4 aromatic rings. The lowest BCUT2D eigenvalue weighted by Gasteiger charge is -2.14. The van der Waals surface area contributed by atoms with E-state index in [0.29, 0.717) is 5.56 Å². The van der Waals surface area contributed by atoms with E-state index in [1.165, 1.54) is 30.3 Å². The fraction of sp³-hybridized carbons (Fsp3) is 0.0417. The molecule has 3 aromatic carbocycles. The maximum Gasteiger partial charge on any atom is 0.417 e. The molecule has 172 valence electrons. The van der Waals surface area contributed by atoms with Gasteiger partial charge < -0.3 is 14.9 Å². The van der Waals surface area contributed by atoms with Gasteiger partial charge in [-0.15, -0.1) is 0 Å². The number of amides is 1. The van der Waals surface area contributed by atoms with Crippen LogP contribution in [0.25, 0.3) is 22.6 Å². The Morgan fingerprint density at radius 2 is 1.68 bits per heavy atom. The number of rotatable bonds is 5. The maximum atomic E-state index is 13.8. The minimum Gasteiger partial charge on any atom is -0.478 e. The SMILES string of the molecule is O=C(O)c1cccc(NC(=O)c2c(-c3c(Cl)cccc3C(F)(F)F)noc2-c2ccccc2)c1. The summed E-state index contributed by atoms with van der Waals surface area (Å²) in [5.41, 5.74) is -1.86. The summed E-state index contributed by atoms with van der Waals surface area (Å²) in [5, 5.41) is 15.2. The Kier molecular flexibility index (Phi) is 6.12. The molecule has 0 radical (unpaired) electrons. The highest BCUT2D eigenvalue weighted by atomic mass is 35.5. The number of aromatic nitrogens is 1. The molecule has 0 aliphatic rings. The molecular weight excluding hydrogens is 473 g/mol. The van der Waals surface area contributed by atoms with Gasteiger partial charge in [0.15, 0.2) is 5.76 Å². The van der Waals surface area contributed by atoms with Gasteiger partial charge in [0, 0.05) is 16.8 Å². The number of aromatic carboxylic acids is 1. The average Bonchev–Trinajstić information content (AvgIpc) is 3.24. The molecule has 4 rings (SSSR count). The number of alkyl halides is 3. The van der Waals surface area contributed by atoms with E-state index in [-0.39, 0.29) is 27.6 Å². The van der Waals surface area contributed by atoms with Crippen LogP contribution in [-0.2, 0) is 6.18 Å².